The van der Waals surface area contributed by atoms with Crippen LogP contribution in [-0.4, -0.2) is 84.6 Å². The molecule has 0 spiro atoms. The zero-order valence-electron chi connectivity index (χ0n) is 37.2. The van der Waals surface area contributed by atoms with Crippen LogP contribution >= 0.6 is 7.82 Å². The molecule has 0 fully saturated rings. The van der Waals surface area contributed by atoms with E-state index >= 15 is 0 Å². The van der Waals surface area contributed by atoms with Crippen molar-refractivity contribution in [3.8, 4) is 0 Å². The van der Waals surface area contributed by atoms with Crippen molar-refractivity contribution in [1.82, 2.24) is 5.32 Å². The molecule has 10 heteroatoms. The summed E-state index contributed by atoms with van der Waals surface area (Å²) in [6.07, 6.45) is 45.8. The number of allylic oxidation sites excluding steroid dienone is 10. The number of phosphoric acid groups is 1. The number of amides is 1. The molecular formula is C47H88N2O7P+. The minimum Gasteiger partial charge on any atom is -0.390 e. The second kappa shape index (κ2) is 38.4. The van der Waals surface area contributed by atoms with E-state index in [9.17, 15) is 24.5 Å². The molecule has 0 aromatic heterocycles. The van der Waals surface area contributed by atoms with Crippen molar-refractivity contribution in [2.75, 3.05) is 40.9 Å². The minimum absolute atomic E-state index is 0.00902. The number of hydrogen-bond donors (Lipinski definition) is 4. The van der Waals surface area contributed by atoms with Crippen molar-refractivity contribution in [3.05, 3.63) is 60.8 Å². The van der Waals surface area contributed by atoms with Gasteiger partial charge in [-0.15, -0.1) is 0 Å². The lowest BCUT2D eigenvalue weighted by Crippen LogP contribution is -2.51. The van der Waals surface area contributed by atoms with Crippen LogP contribution in [0.3, 0.4) is 0 Å². The number of unbranched alkanes of at least 4 members (excludes halogenated alkanes) is 17. The molecule has 0 saturated carbocycles. The van der Waals surface area contributed by atoms with E-state index in [4.69, 9.17) is 9.05 Å². The summed E-state index contributed by atoms with van der Waals surface area (Å²) in [5, 5.41) is 24.6. The Morgan fingerprint density at radius 2 is 1.12 bits per heavy atom. The van der Waals surface area contributed by atoms with Gasteiger partial charge in [-0.3, -0.25) is 13.8 Å². The highest BCUT2D eigenvalue weighted by Crippen LogP contribution is 2.43. The molecule has 0 radical (unpaired) electrons. The third-order valence-corrected chi connectivity index (χ3v) is 10.9. The van der Waals surface area contributed by atoms with E-state index in [0.29, 0.717) is 30.3 Å². The lowest BCUT2D eigenvalue weighted by atomic mass is 10.0. The van der Waals surface area contributed by atoms with Gasteiger partial charge in [0.1, 0.15) is 19.3 Å². The number of phosphoric ester groups is 1. The number of rotatable bonds is 40. The number of carbonyl (C=O) groups excluding carboxylic acids is 1. The summed E-state index contributed by atoms with van der Waals surface area (Å²) in [5.41, 5.74) is 0. The van der Waals surface area contributed by atoms with Gasteiger partial charge in [-0.1, -0.05) is 138 Å². The van der Waals surface area contributed by atoms with Crippen molar-refractivity contribution in [2.45, 2.75) is 193 Å². The molecule has 0 aromatic rings. The first kappa shape index (κ1) is 55.2. The Labute approximate surface area is 350 Å². The molecular weight excluding hydrogens is 735 g/mol. The molecule has 4 atom stereocenters. The highest BCUT2D eigenvalue weighted by Gasteiger charge is 2.31. The Bertz CT molecular complexity index is 1130. The third kappa shape index (κ3) is 39.4. The smallest absolute Gasteiger partial charge is 0.390 e. The summed E-state index contributed by atoms with van der Waals surface area (Å²) in [6.45, 7) is 4.33. The highest BCUT2D eigenvalue weighted by atomic mass is 31.2. The van der Waals surface area contributed by atoms with Crippen LogP contribution in [0.1, 0.15) is 174 Å². The van der Waals surface area contributed by atoms with Crippen molar-refractivity contribution in [3.63, 3.8) is 0 Å². The number of quaternary nitrogens is 1. The van der Waals surface area contributed by atoms with Crippen molar-refractivity contribution >= 4 is 13.7 Å². The topological polar surface area (TPSA) is 125 Å². The summed E-state index contributed by atoms with van der Waals surface area (Å²) in [7, 11) is 1.39. The zero-order valence-corrected chi connectivity index (χ0v) is 38.1. The number of likely N-dealkylation sites (N-methyl/N-ethyl adjacent to an activating group) is 1. The first-order valence-electron chi connectivity index (χ1n) is 22.7. The molecule has 0 aliphatic heterocycles. The summed E-state index contributed by atoms with van der Waals surface area (Å²) in [6, 6.07) is -1.06. The number of aliphatic hydroxyl groups excluding tert-OH is 2. The average Bonchev–Trinajstić information content (AvgIpc) is 3.16. The van der Waals surface area contributed by atoms with Crippen LogP contribution in [0.5, 0.6) is 0 Å². The third-order valence-electron chi connectivity index (χ3n) is 9.88. The molecule has 0 rings (SSSR count). The first-order chi connectivity index (χ1) is 27.4. The van der Waals surface area contributed by atoms with E-state index in [1.807, 2.05) is 28.1 Å². The van der Waals surface area contributed by atoms with E-state index < -0.39 is 32.7 Å². The van der Waals surface area contributed by atoms with Crippen LogP contribution in [-0.2, 0) is 18.4 Å². The van der Waals surface area contributed by atoms with Crippen LogP contribution in [0.15, 0.2) is 60.8 Å². The van der Waals surface area contributed by atoms with Gasteiger partial charge in [0.05, 0.1) is 39.9 Å². The quantitative estimate of drug-likeness (QED) is 0.0210. The number of carbonyl (C=O) groups is 1. The molecule has 4 N–H and O–H groups in total. The van der Waals surface area contributed by atoms with Crippen LogP contribution in [0.2, 0.25) is 0 Å². The maximum absolute atomic E-state index is 12.9. The maximum atomic E-state index is 12.9. The highest BCUT2D eigenvalue weighted by molar-refractivity contribution is 7.47. The van der Waals surface area contributed by atoms with Crippen LogP contribution in [0, 0.1) is 0 Å². The number of aliphatic hydroxyl groups is 2. The predicted molar refractivity (Wildman–Crippen MR) is 241 cm³/mol. The van der Waals surface area contributed by atoms with Gasteiger partial charge in [0.2, 0.25) is 5.91 Å². The SMILES string of the molecule is C/C=C/CC/C=C/CC/C=C/CCCC(O)C(O)C(COP(=O)(O)OCC[N+](C)(C)C)NC(=O)CCCCCCCCCCC/C=C\C/C=C\CCCCCCC. The number of nitrogens with one attached hydrogen (secondary N) is 1. The van der Waals surface area contributed by atoms with E-state index in [-0.39, 0.29) is 18.9 Å². The molecule has 0 aliphatic rings. The lowest BCUT2D eigenvalue weighted by molar-refractivity contribution is -0.870. The van der Waals surface area contributed by atoms with E-state index in [2.05, 4.69) is 73.0 Å². The van der Waals surface area contributed by atoms with Crippen molar-refractivity contribution < 1.29 is 38.0 Å². The molecule has 332 valence electrons. The van der Waals surface area contributed by atoms with Crippen LogP contribution in [0.4, 0.5) is 0 Å². The second-order valence-corrected chi connectivity index (χ2v) is 18.0. The molecule has 4 unspecified atom stereocenters. The van der Waals surface area contributed by atoms with Crippen LogP contribution < -0.4 is 5.32 Å². The largest absolute Gasteiger partial charge is 0.472 e. The summed E-state index contributed by atoms with van der Waals surface area (Å²) >= 11 is 0. The Kier molecular flexibility index (Phi) is 37.1. The first-order valence-corrected chi connectivity index (χ1v) is 24.2. The molecule has 0 aliphatic carbocycles. The van der Waals surface area contributed by atoms with Crippen LogP contribution in [0.25, 0.3) is 0 Å². The summed E-state index contributed by atoms with van der Waals surface area (Å²) < 4.78 is 23.5. The fourth-order valence-corrected chi connectivity index (χ4v) is 6.95. The van der Waals surface area contributed by atoms with E-state index in [1.54, 1.807) is 0 Å². The normalized spacial score (nSPS) is 15.4. The molecule has 0 saturated heterocycles. The van der Waals surface area contributed by atoms with Gasteiger partial charge in [-0.2, -0.15) is 0 Å². The number of nitrogens with zero attached hydrogens (tertiary/aromatic N) is 1. The molecule has 0 heterocycles. The Hall–Kier alpha value is -1.84. The van der Waals surface area contributed by atoms with Crippen molar-refractivity contribution in [2.24, 2.45) is 0 Å². The zero-order chi connectivity index (χ0) is 42.3. The molecule has 57 heavy (non-hydrogen) atoms. The van der Waals surface area contributed by atoms with Gasteiger partial charge in [-0.25, -0.2) is 4.57 Å². The fourth-order valence-electron chi connectivity index (χ4n) is 6.21. The standard InChI is InChI=1S/C47H87N2O7P/c1-6-8-10-12-14-16-18-20-21-22-23-24-25-26-27-28-30-32-34-36-38-40-46(51)48-44(43-56-57(53,54)55-42-41-49(3,4)5)47(52)45(50)39-37-35-33-31-29-19-17-15-13-11-9-7-2/h7,9,15,17-18,20,22-23,31,33,44-45,47,50,52H,6,8,10-14,16,19,21,24-30,32,34-43H2,1-5H3,(H-,48,51,53,54)/p+1/b9-7+,17-15+,20-18-,23-22-,33-31+. The number of hydrogen-bond acceptors (Lipinski definition) is 6. The van der Waals surface area contributed by atoms with Gasteiger partial charge in [-0.05, 0) is 90.4 Å². The maximum Gasteiger partial charge on any atom is 0.472 e. The minimum atomic E-state index is -4.43. The fraction of sp³-hybridized carbons (Fsp3) is 0.766. The van der Waals surface area contributed by atoms with Gasteiger partial charge < -0.3 is 24.9 Å². The van der Waals surface area contributed by atoms with Gasteiger partial charge >= 0.3 is 7.82 Å². The van der Waals surface area contributed by atoms with E-state index in [0.717, 1.165) is 64.2 Å². The van der Waals surface area contributed by atoms with E-state index in [1.165, 1.54) is 70.6 Å². The van der Waals surface area contributed by atoms with Gasteiger partial charge in [0.25, 0.3) is 0 Å². The van der Waals surface area contributed by atoms with Gasteiger partial charge in [0, 0.05) is 6.42 Å². The lowest BCUT2D eigenvalue weighted by Gasteiger charge is -2.28. The van der Waals surface area contributed by atoms with Crippen molar-refractivity contribution in [1.29, 1.82) is 0 Å². The predicted octanol–water partition coefficient (Wildman–Crippen LogP) is 11.6. The summed E-state index contributed by atoms with van der Waals surface area (Å²) in [4.78, 5) is 23.2. The second-order valence-electron chi connectivity index (χ2n) is 16.5. The van der Waals surface area contributed by atoms with Gasteiger partial charge in [0.15, 0.2) is 0 Å². The Balaban J connectivity index is 4.48. The molecule has 9 nitrogen and oxygen atoms in total. The molecule has 0 aromatic carbocycles. The monoisotopic (exact) mass is 824 g/mol. The average molecular weight is 824 g/mol. The Morgan fingerprint density at radius 3 is 1.67 bits per heavy atom. The molecule has 0 bridgehead atoms. The summed E-state index contributed by atoms with van der Waals surface area (Å²) in [5.74, 6) is -0.282. The Morgan fingerprint density at radius 1 is 0.649 bits per heavy atom. The molecule has 1 amide bonds.